The normalized spacial score (nSPS) is 13.1. The summed E-state index contributed by atoms with van der Waals surface area (Å²) < 4.78 is 102. The quantitative estimate of drug-likeness (QED) is 0.106. The van der Waals surface area contributed by atoms with Crippen LogP contribution in [0.1, 0.15) is 27.2 Å². The lowest BCUT2D eigenvalue weighted by Gasteiger charge is -2.36. The van der Waals surface area contributed by atoms with E-state index in [4.69, 9.17) is 0 Å². The maximum atomic E-state index is 13.9. The summed E-state index contributed by atoms with van der Waals surface area (Å²) in [7, 11) is 0. The van der Waals surface area contributed by atoms with Crippen molar-refractivity contribution in [3.8, 4) is 11.5 Å². The van der Waals surface area contributed by atoms with Gasteiger partial charge >= 0.3 is 30.9 Å². The number of aromatic carboxylic acids is 1. The maximum absolute atomic E-state index is 13.9. The summed E-state index contributed by atoms with van der Waals surface area (Å²) in [5.74, 6) is -3.28. The van der Waals surface area contributed by atoms with Crippen molar-refractivity contribution >= 4 is 40.3 Å². The van der Waals surface area contributed by atoms with Crippen molar-refractivity contribution in [1.82, 2.24) is 10.3 Å². The van der Waals surface area contributed by atoms with E-state index in [9.17, 15) is 45.4 Å². The van der Waals surface area contributed by atoms with Gasteiger partial charge in [-0.2, -0.15) is 17.6 Å². The molecule has 3 N–H and O–H groups in total. The topological polar surface area (TPSA) is 110 Å². The number of aromatic nitrogens is 1. The van der Waals surface area contributed by atoms with E-state index < -0.39 is 59.2 Å². The van der Waals surface area contributed by atoms with Gasteiger partial charge in [0.05, 0.1) is 16.9 Å². The van der Waals surface area contributed by atoms with Crippen LogP contribution in [-0.4, -0.2) is 41.0 Å². The molecule has 0 aliphatic carbocycles. The second kappa shape index (κ2) is 13.8. The van der Waals surface area contributed by atoms with Crippen LogP contribution in [0.15, 0.2) is 91.1 Å². The van der Waals surface area contributed by atoms with Gasteiger partial charge in [-0.15, -0.1) is 13.2 Å². The van der Waals surface area contributed by atoms with Crippen LogP contribution in [0.4, 0.5) is 41.2 Å². The number of halogens is 8. The lowest BCUT2D eigenvalue weighted by atomic mass is 9.80. The second-order valence-corrected chi connectivity index (χ2v) is 10.8. The third kappa shape index (κ3) is 8.55. The summed E-state index contributed by atoms with van der Waals surface area (Å²) in [6.45, 7) is 0. The monoisotopic (exact) mass is 763 g/mol. The fourth-order valence-electron chi connectivity index (χ4n) is 4.39. The van der Waals surface area contributed by atoms with Gasteiger partial charge in [-0.1, -0.05) is 42.5 Å². The first-order valence-electron chi connectivity index (χ1n) is 12.9. The maximum Gasteiger partial charge on any atom is 0.573 e. The standard InChI is InChI=1S/C30H21F7IN3O5/c31-26(32)29(33,34)45-21-8-4-7-19(14-21)28(15-17-5-2-1-3-6-17,24-12-10-20(38)16-39-24)41-27(44)40-22-11-9-18(25(42)43)13-23(22)46-30(35,36)37/h1-14,16,26H,15H2,(H,42,43)(H2,40,41,44)/t28-/m0/s1. The number of carbonyl (C=O) groups is 2. The van der Waals surface area contributed by atoms with Crippen molar-refractivity contribution in [2.45, 2.75) is 30.9 Å². The Bertz CT molecular complexity index is 1690. The van der Waals surface area contributed by atoms with Crippen LogP contribution in [0, 0.1) is 3.57 Å². The Morgan fingerprint density at radius 2 is 1.61 bits per heavy atom. The van der Waals surface area contributed by atoms with E-state index in [1.165, 1.54) is 24.4 Å². The van der Waals surface area contributed by atoms with Gasteiger partial charge in [-0.3, -0.25) is 4.98 Å². The highest BCUT2D eigenvalue weighted by molar-refractivity contribution is 14.1. The Kier molecular flexibility index (Phi) is 10.3. The number of carboxylic acid groups (broad SMARTS) is 1. The third-order valence-corrected chi connectivity index (χ3v) is 6.98. The largest absolute Gasteiger partial charge is 0.573 e. The van der Waals surface area contributed by atoms with Gasteiger partial charge in [0.1, 0.15) is 11.3 Å². The minimum Gasteiger partial charge on any atom is -0.478 e. The summed E-state index contributed by atoms with van der Waals surface area (Å²) in [6.07, 6.45) is -13.0. The molecule has 0 aliphatic heterocycles. The number of nitrogens with zero attached hydrogens (tertiary/aromatic N) is 1. The van der Waals surface area contributed by atoms with Crippen molar-refractivity contribution in [2.24, 2.45) is 0 Å². The summed E-state index contributed by atoms with van der Waals surface area (Å²) >= 11 is 1.97. The first kappa shape index (κ1) is 34.3. The Morgan fingerprint density at radius 1 is 0.891 bits per heavy atom. The van der Waals surface area contributed by atoms with E-state index in [1.54, 1.807) is 36.4 Å². The zero-order valence-corrected chi connectivity index (χ0v) is 25.2. The highest BCUT2D eigenvalue weighted by Crippen LogP contribution is 2.37. The molecule has 2 amide bonds. The number of pyridine rings is 1. The lowest BCUT2D eigenvalue weighted by molar-refractivity contribution is -0.274. The molecule has 4 aromatic rings. The smallest absolute Gasteiger partial charge is 0.478 e. The van der Waals surface area contributed by atoms with E-state index in [2.05, 4.69) is 25.1 Å². The summed E-state index contributed by atoms with van der Waals surface area (Å²) in [5, 5.41) is 14.1. The van der Waals surface area contributed by atoms with E-state index in [-0.39, 0.29) is 17.7 Å². The van der Waals surface area contributed by atoms with Crippen molar-refractivity contribution in [3.63, 3.8) is 0 Å². The molecular formula is C30H21F7IN3O5. The minimum absolute atomic E-state index is 0.0239. The predicted molar refractivity (Wildman–Crippen MR) is 158 cm³/mol. The summed E-state index contributed by atoms with van der Waals surface area (Å²) in [5.41, 5.74) is -2.21. The SMILES string of the molecule is O=C(Nc1ccc(C(=O)O)cc1OC(F)(F)F)N[C@@](Cc1ccccc1)(c1cccc(OC(F)(F)C(F)F)c1)c1ccc(I)cn1. The average molecular weight is 763 g/mol. The minimum atomic E-state index is -5.26. The van der Waals surface area contributed by atoms with Crippen LogP contribution in [0.2, 0.25) is 0 Å². The molecule has 1 aromatic heterocycles. The van der Waals surface area contributed by atoms with Crippen LogP contribution in [0.3, 0.4) is 0 Å². The highest BCUT2D eigenvalue weighted by atomic mass is 127. The Hall–Kier alpha value is -4.61. The van der Waals surface area contributed by atoms with Crippen LogP contribution in [-0.2, 0) is 12.0 Å². The summed E-state index contributed by atoms with van der Waals surface area (Å²) in [4.78, 5) is 29.4. The first-order valence-corrected chi connectivity index (χ1v) is 14.0. The molecule has 0 fully saturated rings. The van der Waals surface area contributed by atoms with Gasteiger partial charge in [0.2, 0.25) is 0 Å². The molecule has 46 heavy (non-hydrogen) atoms. The zero-order chi connectivity index (χ0) is 33.7. The molecule has 8 nitrogen and oxygen atoms in total. The molecule has 0 bridgehead atoms. The van der Waals surface area contributed by atoms with Gasteiger partial charge < -0.3 is 25.2 Å². The van der Waals surface area contributed by atoms with Crippen molar-refractivity contribution < 1.29 is 54.9 Å². The van der Waals surface area contributed by atoms with E-state index in [0.29, 0.717) is 15.2 Å². The molecule has 3 aromatic carbocycles. The molecule has 0 aliphatic rings. The molecular weight excluding hydrogens is 742 g/mol. The van der Waals surface area contributed by atoms with Crippen molar-refractivity contribution in [1.29, 1.82) is 0 Å². The van der Waals surface area contributed by atoms with Gasteiger partial charge in [0, 0.05) is 16.2 Å². The molecule has 1 atom stereocenters. The number of carbonyl (C=O) groups excluding carboxylic acids is 1. The second-order valence-electron chi connectivity index (χ2n) is 9.56. The number of urea groups is 1. The number of rotatable bonds is 11. The van der Waals surface area contributed by atoms with E-state index in [0.717, 1.165) is 24.3 Å². The molecule has 4 rings (SSSR count). The van der Waals surface area contributed by atoms with E-state index >= 15 is 0 Å². The van der Waals surface area contributed by atoms with Gasteiger partial charge in [0.15, 0.2) is 5.75 Å². The molecule has 0 spiro atoms. The number of hydrogen-bond donors (Lipinski definition) is 3. The number of benzene rings is 3. The first-order chi connectivity index (χ1) is 21.6. The van der Waals surface area contributed by atoms with Crippen LogP contribution in [0.25, 0.3) is 0 Å². The number of nitrogens with one attached hydrogen (secondary N) is 2. The molecule has 0 saturated heterocycles. The fourth-order valence-corrected chi connectivity index (χ4v) is 4.71. The van der Waals surface area contributed by atoms with Crippen LogP contribution in [0.5, 0.6) is 11.5 Å². The highest BCUT2D eigenvalue weighted by Gasteiger charge is 2.45. The van der Waals surface area contributed by atoms with Crippen LogP contribution < -0.4 is 20.1 Å². The molecule has 16 heteroatoms. The Balaban J connectivity index is 1.85. The molecule has 1 heterocycles. The molecule has 0 unspecified atom stereocenters. The number of ether oxygens (including phenoxy) is 2. The van der Waals surface area contributed by atoms with Gasteiger partial charge in [-0.05, 0) is 76.2 Å². The number of carboxylic acids is 1. The van der Waals surface area contributed by atoms with Crippen molar-refractivity contribution in [2.75, 3.05) is 5.32 Å². The third-order valence-electron chi connectivity index (χ3n) is 6.34. The zero-order valence-electron chi connectivity index (χ0n) is 23.0. The number of amides is 2. The van der Waals surface area contributed by atoms with Crippen LogP contribution >= 0.6 is 22.6 Å². The molecule has 0 radical (unpaired) electrons. The summed E-state index contributed by atoms with van der Waals surface area (Å²) in [6, 6.07) is 17.4. The fraction of sp³-hybridized carbons (Fsp3) is 0.167. The number of anilines is 1. The molecule has 0 saturated carbocycles. The number of alkyl halides is 7. The van der Waals surface area contributed by atoms with Crippen molar-refractivity contribution in [3.05, 3.63) is 117 Å². The van der Waals surface area contributed by atoms with E-state index in [1.807, 2.05) is 22.6 Å². The lowest BCUT2D eigenvalue weighted by Crippen LogP contribution is -2.50. The average Bonchev–Trinajstić information content (AvgIpc) is 2.97. The Labute approximate surface area is 269 Å². The Morgan fingerprint density at radius 3 is 2.22 bits per heavy atom. The number of hydrogen-bond acceptors (Lipinski definition) is 5. The predicted octanol–water partition coefficient (Wildman–Crippen LogP) is 7.83. The van der Waals surface area contributed by atoms with Gasteiger partial charge in [-0.25, -0.2) is 9.59 Å². The molecule has 242 valence electrons. The van der Waals surface area contributed by atoms with Gasteiger partial charge in [0.25, 0.3) is 0 Å².